The van der Waals surface area contributed by atoms with Crippen LogP contribution in [0.2, 0.25) is 0 Å². The number of aromatic amines is 1. The number of H-pyrrole nitrogens is 1. The molecule has 0 aliphatic heterocycles. The predicted molar refractivity (Wildman–Crippen MR) is 126 cm³/mol. The highest BCUT2D eigenvalue weighted by Gasteiger charge is 2.15. The van der Waals surface area contributed by atoms with Crippen LogP contribution in [-0.2, 0) is 0 Å². The van der Waals surface area contributed by atoms with Gasteiger partial charge in [-0.15, -0.1) is 0 Å². The van der Waals surface area contributed by atoms with Gasteiger partial charge >= 0.3 is 0 Å². The zero-order valence-corrected chi connectivity index (χ0v) is 17.9. The molecule has 5 aromatic rings. The van der Waals surface area contributed by atoms with Gasteiger partial charge in [-0.05, 0) is 42.5 Å². The van der Waals surface area contributed by atoms with Crippen molar-refractivity contribution in [2.45, 2.75) is 0 Å². The van der Waals surface area contributed by atoms with Gasteiger partial charge in [0.1, 0.15) is 29.0 Å². The average Bonchev–Trinajstić information content (AvgIpc) is 3.30. The molecule has 0 spiro atoms. The van der Waals surface area contributed by atoms with Crippen molar-refractivity contribution < 1.29 is 13.9 Å². The molecule has 3 heterocycles. The first-order valence-corrected chi connectivity index (χ1v) is 10.2. The number of hydrogen-bond donors (Lipinski definition) is 3. The van der Waals surface area contributed by atoms with Crippen LogP contribution in [0.25, 0.3) is 22.6 Å². The Labute approximate surface area is 193 Å². The number of ether oxygens (including phenoxy) is 1. The summed E-state index contributed by atoms with van der Waals surface area (Å²) in [4.78, 5) is 33.0. The topological polar surface area (TPSA) is 118 Å². The second kappa shape index (κ2) is 8.94. The summed E-state index contributed by atoms with van der Waals surface area (Å²) in [5.74, 6) is 0.531. The molecule has 10 heteroatoms. The van der Waals surface area contributed by atoms with Gasteiger partial charge in [-0.3, -0.25) is 4.79 Å². The summed E-state index contributed by atoms with van der Waals surface area (Å²) < 4.78 is 18.7. The number of nitrogens with one attached hydrogen (secondary N) is 3. The number of carbonyl (C=O) groups excluding carboxylic acids is 1. The maximum Gasteiger partial charge on any atom is 0.261 e. The SMILES string of the molecule is COc1ncccc1C(=O)Nc1cccc(-c2nc3ncnc(Nc4cccc(F)c4)c3[nH]2)c1. The van der Waals surface area contributed by atoms with Crippen molar-refractivity contribution in [2.75, 3.05) is 17.7 Å². The molecule has 0 atom stereocenters. The molecule has 3 aromatic heterocycles. The molecule has 0 bridgehead atoms. The molecular formula is C24H18FN7O2. The van der Waals surface area contributed by atoms with E-state index in [2.05, 4.69) is 35.6 Å². The van der Waals surface area contributed by atoms with E-state index in [1.165, 1.54) is 25.6 Å². The van der Waals surface area contributed by atoms with Crippen LogP contribution in [0.1, 0.15) is 10.4 Å². The highest BCUT2D eigenvalue weighted by Crippen LogP contribution is 2.27. The van der Waals surface area contributed by atoms with Crippen molar-refractivity contribution in [2.24, 2.45) is 0 Å². The van der Waals surface area contributed by atoms with Crippen LogP contribution in [0.15, 0.2) is 73.2 Å². The summed E-state index contributed by atoms with van der Waals surface area (Å²) >= 11 is 0. The molecule has 0 aliphatic rings. The molecule has 0 aliphatic carbocycles. The lowest BCUT2D eigenvalue weighted by atomic mass is 10.2. The number of amides is 1. The van der Waals surface area contributed by atoms with E-state index in [1.54, 1.807) is 48.7 Å². The van der Waals surface area contributed by atoms with E-state index in [0.29, 0.717) is 39.7 Å². The van der Waals surface area contributed by atoms with Crippen LogP contribution in [0.4, 0.5) is 21.6 Å². The van der Waals surface area contributed by atoms with E-state index in [-0.39, 0.29) is 17.6 Å². The Morgan fingerprint density at radius 3 is 2.71 bits per heavy atom. The van der Waals surface area contributed by atoms with E-state index < -0.39 is 0 Å². The molecule has 0 saturated heterocycles. The van der Waals surface area contributed by atoms with Crippen LogP contribution < -0.4 is 15.4 Å². The summed E-state index contributed by atoms with van der Waals surface area (Å²) in [7, 11) is 1.46. The Balaban J connectivity index is 1.43. The molecular weight excluding hydrogens is 437 g/mol. The third kappa shape index (κ3) is 4.24. The normalized spacial score (nSPS) is 10.8. The van der Waals surface area contributed by atoms with Crippen LogP contribution in [0.5, 0.6) is 5.88 Å². The number of aromatic nitrogens is 5. The van der Waals surface area contributed by atoms with Crippen molar-refractivity contribution in [3.63, 3.8) is 0 Å². The van der Waals surface area contributed by atoms with Crippen molar-refractivity contribution in [3.8, 4) is 17.3 Å². The molecule has 0 saturated carbocycles. The van der Waals surface area contributed by atoms with Crippen molar-refractivity contribution >= 4 is 34.3 Å². The summed E-state index contributed by atoms with van der Waals surface area (Å²) in [6.45, 7) is 0. The minimum atomic E-state index is -0.358. The van der Waals surface area contributed by atoms with Gasteiger partial charge < -0.3 is 20.4 Å². The number of hydrogen-bond acceptors (Lipinski definition) is 7. The van der Waals surface area contributed by atoms with Gasteiger partial charge in [0, 0.05) is 23.1 Å². The van der Waals surface area contributed by atoms with Crippen LogP contribution in [0, 0.1) is 5.82 Å². The van der Waals surface area contributed by atoms with Crippen molar-refractivity contribution in [3.05, 3.63) is 84.6 Å². The minimum Gasteiger partial charge on any atom is -0.480 e. The third-order valence-corrected chi connectivity index (χ3v) is 4.98. The number of benzene rings is 2. The summed E-state index contributed by atoms with van der Waals surface area (Å²) in [5.41, 5.74) is 3.17. The highest BCUT2D eigenvalue weighted by atomic mass is 19.1. The second-order valence-electron chi connectivity index (χ2n) is 7.24. The fourth-order valence-corrected chi connectivity index (χ4v) is 3.43. The second-order valence-corrected chi connectivity index (χ2v) is 7.24. The Morgan fingerprint density at radius 2 is 1.85 bits per heavy atom. The number of methoxy groups -OCH3 is 1. The van der Waals surface area contributed by atoms with Gasteiger partial charge in [0.2, 0.25) is 5.88 Å². The number of imidazole rings is 1. The van der Waals surface area contributed by atoms with Gasteiger partial charge in [-0.25, -0.2) is 24.3 Å². The Morgan fingerprint density at radius 1 is 1.00 bits per heavy atom. The highest BCUT2D eigenvalue weighted by molar-refractivity contribution is 6.06. The number of pyridine rings is 1. The average molecular weight is 455 g/mol. The van der Waals surface area contributed by atoms with Gasteiger partial charge in [0.25, 0.3) is 5.91 Å². The van der Waals surface area contributed by atoms with Gasteiger partial charge in [-0.2, -0.15) is 0 Å². The zero-order valence-electron chi connectivity index (χ0n) is 17.9. The van der Waals surface area contributed by atoms with Gasteiger partial charge in [-0.1, -0.05) is 18.2 Å². The Hall–Kier alpha value is -4.86. The number of rotatable bonds is 6. The summed E-state index contributed by atoms with van der Waals surface area (Å²) in [6, 6.07) is 16.6. The monoisotopic (exact) mass is 455 g/mol. The first kappa shape index (κ1) is 21.0. The van der Waals surface area contributed by atoms with Crippen molar-refractivity contribution in [1.29, 1.82) is 0 Å². The zero-order chi connectivity index (χ0) is 23.5. The molecule has 34 heavy (non-hydrogen) atoms. The maximum atomic E-state index is 13.6. The Kier molecular flexibility index (Phi) is 5.53. The molecule has 1 amide bonds. The molecule has 0 radical (unpaired) electrons. The van der Waals surface area contributed by atoms with Gasteiger partial charge in [0.05, 0.1) is 7.11 Å². The molecule has 3 N–H and O–H groups in total. The van der Waals surface area contributed by atoms with E-state index in [1.807, 2.05) is 6.07 Å². The molecule has 9 nitrogen and oxygen atoms in total. The first-order valence-electron chi connectivity index (χ1n) is 10.2. The molecule has 0 fully saturated rings. The minimum absolute atomic E-state index is 0.241. The number of anilines is 3. The number of fused-ring (bicyclic) bond motifs is 1. The number of carbonyl (C=O) groups is 1. The maximum absolute atomic E-state index is 13.6. The van der Waals surface area contributed by atoms with E-state index >= 15 is 0 Å². The lowest BCUT2D eigenvalue weighted by Gasteiger charge is -2.09. The van der Waals surface area contributed by atoms with Gasteiger partial charge in [0.15, 0.2) is 11.5 Å². The lowest BCUT2D eigenvalue weighted by molar-refractivity contribution is 0.102. The summed E-state index contributed by atoms with van der Waals surface area (Å²) in [5, 5.41) is 5.93. The summed E-state index contributed by atoms with van der Waals surface area (Å²) in [6.07, 6.45) is 2.94. The molecule has 0 unspecified atom stereocenters. The Bertz CT molecular complexity index is 1500. The van der Waals surface area contributed by atoms with Crippen LogP contribution in [-0.4, -0.2) is 37.9 Å². The molecule has 5 rings (SSSR count). The van der Waals surface area contributed by atoms with E-state index in [0.717, 1.165) is 5.56 Å². The largest absolute Gasteiger partial charge is 0.480 e. The molecule has 2 aromatic carbocycles. The van der Waals surface area contributed by atoms with Crippen LogP contribution >= 0.6 is 0 Å². The van der Waals surface area contributed by atoms with Crippen LogP contribution in [0.3, 0.4) is 0 Å². The fraction of sp³-hybridized carbons (Fsp3) is 0.0417. The number of halogens is 1. The lowest BCUT2D eigenvalue weighted by Crippen LogP contribution is -2.13. The quantitative estimate of drug-likeness (QED) is 0.344. The molecule has 168 valence electrons. The van der Waals surface area contributed by atoms with E-state index in [9.17, 15) is 9.18 Å². The number of nitrogens with zero attached hydrogens (tertiary/aromatic N) is 4. The van der Waals surface area contributed by atoms with E-state index in [4.69, 9.17) is 4.74 Å². The first-order chi connectivity index (χ1) is 16.6. The van der Waals surface area contributed by atoms with Crippen molar-refractivity contribution in [1.82, 2.24) is 24.9 Å². The predicted octanol–water partition coefficient (Wildman–Crippen LogP) is 4.56. The third-order valence-electron chi connectivity index (χ3n) is 4.98. The standard InChI is InChI=1S/C24H18FN7O2/c1-34-24-18(9-4-10-26-24)23(33)30-16-7-2-5-14(11-16)20-31-19-21(27-13-28-22(19)32-20)29-17-8-3-6-15(25)12-17/h2-13H,1H3,(H,30,33)(H2,27,28,29,31,32). The smallest absolute Gasteiger partial charge is 0.261 e. The fourth-order valence-electron chi connectivity index (χ4n) is 3.43.